The zero-order valence-corrected chi connectivity index (χ0v) is 45.9. The highest BCUT2D eigenvalue weighted by Gasteiger charge is 2.45. The van der Waals surface area contributed by atoms with Gasteiger partial charge in [0.2, 0.25) is 0 Å². The highest BCUT2D eigenvalue weighted by molar-refractivity contribution is 14.1. The van der Waals surface area contributed by atoms with Crippen molar-refractivity contribution in [1.82, 2.24) is 0 Å². The lowest BCUT2D eigenvalue weighted by atomic mass is 9.96. The van der Waals surface area contributed by atoms with Crippen molar-refractivity contribution in [3.8, 4) is 0 Å². The van der Waals surface area contributed by atoms with Crippen LogP contribution in [-0.4, -0.2) is 118 Å². The Morgan fingerprint density at radius 3 is 1.85 bits per heavy atom. The van der Waals surface area contributed by atoms with Gasteiger partial charge in [0, 0.05) is 10.8 Å². The second-order valence-corrected chi connectivity index (χ2v) is 21.4. The number of carbonyl (C=O) groups is 4. The van der Waals surface area contributed by atoms with Crippen molar-refractivity contribution in [3.05, 3.63) is 57.5 Å². The van der Waals surface area contributed by atoms with Gasteiger partial charge in [-0.15, -0.1) is 0 Å². The fourth-order valence-electron chi connectivity index (χ4n) is 5.87. The van der Waals surface area contributed by atoms with Crippen molar-refractivity contribution in [1.29, 1.82) is 0 Å². The van der Waals surface area contributed by atoms with E-state index in [4.69, 9.17) is 39.0 Å². The molecule has 0 saturated carbocycles. The van der Waals surface area contributed by atoms with E-state index in [2.05, 4.69) is 125 Å². The predicted octanol–water partition coefficient (Wildman–Crippen LogP) is 9.41. The Bertz CT molecular complexity index is 1570. The number of aliphatic hydroxyl groups is 3. The Morgan fingerprint density at radius 2 is 1.42 bits per heavy atom. The SMILES string of the molecule is CC(C)[C@H](C)/C=C\C(OC(=O)c1ccccc1)C1OC(C)(C)O[C@H]1CCI.CC(C)[C@H](C)C=C(Br)Br.CCC[C@@H]1OC(C)(C)O[C@@H]1C=O.COC(=O)CC(C)=O.OC1C[C@H](O)[C@H](O)CO1. The smallest absolute Gasteiger partial charge is 0.338 e. The lowest BCUT2D eigenvalue weighted by Gasteiger charge is -2.26. The Morgan fingerprint density at radius 1 is 0.846 bits per heavy atom. The minimum absolute atomic E-state index is 0.0162. The van der Waals surface area contributed by atoms with Crippen LogP contribution in [0.4, 0.5) is 0 Å². The average Bonchev–Trinajstić information content (AvgIpc) is 3.70. The first-order chi connectivity index (χ1) is 30.2. The fourth-order valence-corrected chi connectivity index (χ4v) is 7.31. The standard InChI is InChI=1S/C22H31IO4.C9H16O3.C7H12Br2.C5H10O4.C5H8O3/c1-15(2)16(3)11-12-18(25-21(24)17-9-7-6-8-10-17)20-19(13-14-23)26-22(4,5)27-20;1-4-5-7-8(6-10)12-9(2,3)11-7;1-5(2)6(3)4-7(8)9;6-3-1-5(8)9-2-4(3)7;1-4(6)3-5(7)8-2/h6-12,15-16,18-20H,13-14H2,1-5H3;6-8H,4-5H2,1-3H3;4-6H,1-3H3;3-8H,1-2H2;3H2,1-2H3/b12-11-;;;;/t16-,18?,19+,20?;7-,8+;6-;3-,4+,5?;/m1010./s1. The van der Waals surface area contributed by atoms with Gasteiger partial charge in [-0.3, -0.25) is 9.59 Å². The number of methoxy groups -OCH3 is 1. The van der Waals surface area contributed by atoms with E-state index in [0.29, 0.717) is 23.3 Å². The first kappa shape index (κ1) is 63.4. The van der Waals surface area contributed by atoms with E-state index < -0.39 is 42.1 Å². The van der Waals surface area contributed by atoms with Gasteiger partial charge in [0.15, 0.2) is 24.2 Å². The van der Waals surface area contributed by atoms with Gasteiger partial charge in [0.25, 0.3) is 0 Å². The molecule has 4 rings (SSSR count). The first-order valence-electron chi connectivity index (χ1n) is 22.1. The van der Waals surface area contributed by atoms with Crippen molar-refractivity contribution >= 4 is 78.5 Å². The summed E-state index contributed by atoms with van der Waals surface area (Å²) in [6.07, 6.45) is 5.86. The van der Waals surface area contributed by atoms with Crippen molar-refractivity contribution in [2.45, 2.75) is 176 Å². The monoisotopic (exact) mass is 1160 g/mol. The zero-order valence-electron chi connectivity index (χ0n) is 40.5. The van der Waals surface area contributed by atoms with E-state index in [0.717, 1.165) is 39.3 Å². The summed E-state index contributed by atoms with van der Waals surface area (Å²) in [7, 11) is 1.26. The van der Waals surface area contributed by atoms with Gasteiger partial charge in [0.1, 0.15) is 36.6 Å². The van der Waals surface area contributed by atoms with Crippen LogP contribution >= 0.6 is 54.5 Å². The van der Waals surface area contributed by atoms with Crippen LogP contribution < -0.4 is 0 Å². The summed E-state index contributed by atoms with van der Waals surface area (Å²) in [6.45, 7) is 24.0. The van der Waals surface area contributed by atoms with E-state index in [1.807, 2.05) is 52.0 Å². The topological polar surface area (TPSA) is 194 Å². The predicted molar refractivity (Wildman–Crippen MR) is 267 cm³/mol. The third kappa shape index (κ3) is 27.8. The summed E-state index contributed by atoms with van der Waals surface area (Å²) >= 11 is 8.98. The van der Waals surface area contributed by atoms with E-state index in [1.165, 1.54) is 14.0 Å². The van der Waals surface area contributed by atoms with Gasteiger partial charge in [-0.25, -0.2) is 4.79 Å². The zero-order chi connectivity index (χ0) is 50.1. The van der Waals surface area contributed by atoms with Crippen LogP contribution in [0.5, 0.6) is 0 Å². The highest BCUT2D eigenvalue weighted by Crippen LogP contribution is 2.34. The lowest BCUT2D eigenvalue weighted by Crippen LogP contribution is -2.40. The summed E-state index contributed by atoms with van der Waals surface area (Å²) in [5.41, 5.74) is 0.538. The molecule has 3 aliphatic rings. The van der Waals surface area contributed by atoms with Crippen molar-refractivity contribution < 1.29 is 67.7 Å². The van der Waals surface area contributed by atoms with Gasteiger partial charge in [-0.05, 0) is 121 Å². The van der Waals surface area contributed by atoms with Gasteiger partial charge in [-0.2, -0.15) is 0 Å². The van der Waals surface area contributed by atoms with Crippen LogP contribution in [0.1, 0.15) is 126 Å². The highest BCUT2D eigenvalue weighted by atomic mass is 127. The fraction of sp³-hybridized carbons (Fsp3) is 0.708. The Labute approximate surface area is 418 Å². The number of hydrogen-bond acceptors (Lipinski definition) is 14. The molecule has 1 aromatic carbocycles. The van der Waals surface area contributed by atoms with Crippen molar-refractivity contribution in [2.24, 2.45) is 23.7 Å². The first-order valence-corrected chi connectivity index (χ1v) is 25.3. The number of ketones is 1. The number of ether oxygens (including phenoxy) is 7. The molecular formula is C48H77Br2IO14. The maximum atomic E-state index is 12.7. The van der Waals surface area contributed by atoms with E-state index >= 15 is 0 Å². The number of hydrogen-bond donors (Lipinski definition) is 3. The van der Waals surface area contributed by atoms with Crippen LogP contribution in [0.15, 0.2) is 52.0 Å². The Balaban J connectivity index is 0.000000889. The molecule has 0 aliphatic carbocycles. The molecule has 0 aromatic heterocycles. The molecule has 0 spiro atoms. The molecule has 3 heterocycles. The molecule has 3 saturated heterocycles. The molecule has 3 N–H and O–H groups in total. The number of aliphatic hydroxyl groups excluding tert-OH is 3. The molecule has 65 heavy (non-hydrogen) atoms. The van der Waals surface area contributed by atoms with E-state index in [1.54, 1.807) is 12.1 Å². The van der Waals surface area contributed by atoms with Crippen LogP contribution in [0, 0.1) is 23.7 Å². The summed E-state index contributed by atoms with van der Waals surface area (Å²) in [6, 6.07) is 9.07. The van der Waals surface area contributed by atoms with Gasteiger partial charge in [0.05, 0.1) is 41.0 Å². The second-order valence-electron chi connectivity index (χ2n) is 17.6. The van der Waals surface area contributed by atoms with Crippen LogP contribution in [0.2, 0.25) is 0 Å². The third-order valence-electron chi connectivity index (χ3n) is 10.2. The molecule has 10 atom stereocenters. The number of aldehydes is 1. The van der Waals surface area contributed by atoms with Gasteiger partial charge in [-0.1, -0.05) is 108 Å². The molecule has 0 amide bonds. The molecule has 3 fully saturated rings. The summed E-state index contributed by atoms with van der Waals surface area (Å²) in [5.74, 6) is -0.0240. The molecule has 3 unspecified atom stereocenters. The number of halogens is 3. The van der Waals surface area contributed by atoms with E-state index in [9.17, 15) is 19.2 Å². The normalized spacial score (nSPS) is 25.4. The molecule has 0 radical (unpaired) electrons. The van der Waals surface area contributed by atoms with Crippen LogP contribution in [0.3, 0.4) is 0 Å². The number of carbonyl (C=O) groups excluding carboxylic acids is 4. The number of allylic oxidation sites excluding steroid dienone is 2. The molecule has 14 nitrogen and oxygen atoms in total. The van der Waals surface area contributed by atoms with Crippen LogP contribution in [-0.2, 0) is 47.5 Å². The molecule has 1 aromatic rings. The van der Waals surface area contributed by atoms with E-state index in [-0.39, 0.29) is 55.6 Å². The minimum Gasteiger partial charge on any atom is -0.469 e. The quantitative estimate of drug-likeness (QED) is 0.0376. The van der Waals surface area contributed by atoms with Crippen LogP contribution in [0.25, 0.3) is 0 Å². The lowest BCUT2D eigenvalue weighted by molar-refractivity contribution is -0.193. The maximum absolute atomic E-state index is 12.7. The maximum Gasteiger partial charge on any atom is 0.338 e. The minimum atomic E-state index is -0.914. The molecule has 3 aliphatic heterocycles. The number of alkyl halides is 1. The second kappa shape index (κ2) is 33.0. The molecule has 17 heteroatoms. The molecule has 374 valence electrons. The number of rotatable bonds is 15. The average molecular weight is 1160 g/mol. The molecular weight excluding hydrogens is 1090 g/mol. The van der Waals surface area contributed by atoms with Crippen molar-refractivity contribution in [2.75, 3.05) is 18.1 Å². The third-order valence-corrected chi connectivity index (χ3v) is 11.3. The van der Waals surface area contributed by atoms with Gasteiger partial charge >= 0.3 is 11.9 Å². The summed E-state index contributed by atoms with van der Waals surface area (Å²) < 4.78 is 39.8. The Hall–Kier alpha value is -1.65. The molecule has 0 bridgehead atoms. The Kier molecular flexibility index (Phi) is 32.1. The van der Waals surface area contributed by atoms with Crippen molar-refractivity contribution in [3.63, 3.8) is 0 Å². The number of Topliss-reactive ketones (excluding diaryl/α,β-unsaturated/α-hetero) is 1. The number of esters is 2. The number of benzene rings is 1. The summed E-state index contributed by atoms with van der Waals surface area (Å²) in [5, 5.41) is 26.4. The summed E-state index contributed by atoms with van der Waals surface area (Å²) in [4.78, 5) is 43.5. The van der Waals surface area contributed by atoms with Gasteiger partial charge < -0.3 is 53.3 Å². The largest absolute Gasteiger partial charge is 0.469 e.